The normalized spacial score (nSPS) is 15.4. The highest BCUT2D eigenvalue weighted by Gasteiger charge is 2.35. The molecule has 0 radical (unpaired) electrons. The topological polar surface area (TPSA) is 96.0 Å². The fourth-order valence-corrected chi connectivity index (χ4v) is 6.95. The third-order valence-electron chi connectivity index (χ3n) is 6.31. The Morgan fingerprint density at radius 1 is 1.11 bits per heavy atom. The van der Waals surface area contributed by atoms with Gasteiger partial charge in [0, 0.05) is 30.6 Å². The average molecular weight is 542 g/mol. The SMILES string of the molecule is CCCN(CC(=O)N1CCc2sccc2[C@@H]1c1ccc(OC)cc1)S(=O)(=O)c1ccc(NC(C)=O)cc1. The minimum Gasteiger partial charge on any atom is -0.497 e. The molecular formula is C27H31N3O5S2. The van der Waals surface area contributed by atoms with Crippen molar-refractivity contribution in [3.05, 3.63) is 76.0 Å². The van der Waals surface area contributed by atoms with Crippen LogP contribution in [0.25, 0.3) is 0 Å². The largest absolute Gasteiger partial charge is 0.497 e. The number of benzene rings is 2. The molecule has 0 bridgehead atoms. The molecule has 2 aromatic carbocycles. The van der Waals surface area contributed by atoms with Crippen molar-refractivity contribution in [2.24, 2.45) is 0 Å². The molecule has 1 aliphatic heterocycles. The summed E-state index contributed by atoms with van der Waals surface area (Å²) in [6.07, 6.45) is 1.30. The van der Waals surface area contributed by atoms with Gasteiger partial charge in [0.2, 0.25) is 21.8 Å². The maximum Gasteiger partial charge on any atom is 0.243 e. The van der Waals surface area contributed by atoms with Gasteiger partial charge in [-0.2, -0.15) is 4.31 Å². The van der Waals surface area contributed by atoms with Crippen LogP contribution in [0.5, 0.6) is 5.75 Å². The predicted octanol–water partition coefficient (Wildman–Crippen LogP) is 4.29. The molecule has 0 unspecified atom stereocenters. The molecule has 3 aromatic rings. The molecule has 0 aliphatic carbocycles. The Balaban J connectivity index is 1.61. The minimum atomic E-state index is -3.92. The first-order chi connectivity index (χ1) is 17.7. The lowest BCUT2D eigenvalue weighted by atomic mass is 9.93. The molecule has 0 fully saturated rings. The van der Waals surface area contributed by atoms with Crippen LogP contribution in [0.1, 0.15) is 42.3 Å². The number of hydrogen-bond acceptors (Lipinski definition) is 6. The summed E-state index contributed by atoms with van der Waals surface area (Å²) < 4.78 is 33.6. The number of ether oxygens (including phenoxy) is 1. The Labute approximate surface area is 221 Å². The highest BCUT2D eigenvalue weighted by atomic mass is 32.2. The highest BCUT2D eigenvalue weighted by molar-refractivity contribution is 7.89. The number of anilines is 1. The van der Waals surface area contributed by atoms with Crippen LogP contribution < -0.4 is 10.1 Å². The zero-order valence-corrected chi connectivity index (χ0v) is 22.8. The lowest BCUT2D eigenvalue weighted by molar-refractivity contribution is -0.133. The Morgan fingerprint density at radius 2 is 1.81 bits per heavy atom. The van der Waals surface area contributed by atoms with Gasteiger partial charge >= 0.3 is 0 Å². The Kier molecular flexibility index (Phi) is 8.31. The van der Waals surface area contributed by atoms with E-state index in [4.69, 9.17) is 4.74 Å². The van der Waals surface area contributed by atoms with Crippen LogP contribution in [0.3, 0.4) is 0 Å². The summed E-state index contributed by atoms with van der Waals surface area (Å²) in [6.45, 7) is 3.74. The number of thiophene rings is 1. The van der Waals surface area contributed by atoms with E-state index in [1.165, 1.54) is 28.2 Å². The maximum absolute atomic E-state index is 13.7. The molecule has 0 saturated carbocycles. The average Bonchev–Trinajstić information content (AvgIpc) is 3.37. The third-order valence-corrected chi connectivity index (χ3v) is 9.17. The Morgan fingerprint density at radius 3 is 2.43 bits per heavy atom. The standard InChI is InChI=1S/C27H31N3O5S2/c1-4-15-29(37(33,34)23-11-7-21(8-12-23)28-19(2)31)18-26(32)30-16-13-25-24(14-17-36-25)27(30)20-5-9-22(35-3)10-6-20/h5-12,14,17,27H,4,13,15-16,18H2,1-3H3,(H,28,31)/t27-/m0/s1. The Hall–Kier alpha value is -3.21. The summed E-state index contributed by atoms with van der Waals surface area (Å²) in [5, 5.41) is 4.67. The zero-order chi connectivity index (χ0) is 26.6. The van der Waals surface area contributed by atoms with Gasteiger partial charge < -0.3 is 15.0 Å². The van der Waals surface area contributed by atoms with E-state index in [1.54, 1.807) is 35.5 Å². The molecule has 1 N–H and O–H groups in total. The molecule has 0 spiro atoms. The van der Waals surface area contributed by atoms with Gasteiger partial charge in [-0.15, -0.1) is 11.3 Å². The molecule has 1 aromatic heterocycles. The fourth-order valence-electron chi connectivity index (χ4n) is 4.57. The predicted molar refractivity (Wildman–Crippen MR) is 144 cm³/mol. The molecule has 4 rings (SSSR count). The number of carbonyl (C=O) groups is 2. The van der Waals surface area contributed by atoms with Crippen molar-refractivity contribution in [2.45, 2.75) is 37.6 Å². The number of methoxy groups -OCH3 is 1. The number of hydrogen-bond donors (Lipinski definition) is 1. The van der Waals surface area contributed by atoms with Crippen LogP contribution in [0.15, 0.2) is 64.9 Å². The maximum atomic E-state index is 13.7. The first kappa shape index (κ1) is 26.8. The summed E-state index contributed by atoms with van der Waals surface area (Å²) >= 11 is 1.68. The van der Waals surface area contributed by atoms with E-state index in [2.05, 4.69) is 5.32 Å². The van der Waals surface area contributed by atoms with Gasteiger partial charge in [0.15, 0.2) is 0 Å². The third kappa shape index (κ3) is 5.87. The van der Waals surface area contributed by atoms with Gasteiger partial charge in [-0.1, -0.05) is 19.1 Å². The van der Waals surface area contributed by atoms with Crippen molar-refractivity contribution >= 4 is 38.9 Å². The fraction of sp³-hybridized carbons (Fsp3) is 0.333. The van der Waals surface area contributed by atoms with Gasteiger partial charge in [-0.3, -0.25) is 9.59 Å². The van der Waals surface area contributed by atoms with Crippen molar-refractivity contribution in [1.29, 1.82) is 0 Å². The van der Waals surface area contributed by atoms with E-state index in [0.29, 0.717) is 18.7 Å². The molecule has 0 saturated heterocycles. The molecular weight excluding hydrogens is 510 g/mol. The number of fused-ring (bicyclic) bond motifs is 1. The van der Waals surface area contributed by atoms with Gasteiger partial charge in [0.25, 0.3) is 0 Å². The number of sulfonamides is 1. The van der Waals surface area contributed by atoms with E-state index in [0.717, 1.165) is 23.3 Å². The van der Waals surface area contributed by atoms with Crippen molar-refractivity contribution in [1.82, 2.24) is 9.21 Å². The zero-order valence-electron chi connectivity index (χ0n) is 21.1. The van der Waals surface area contributed by atoms with Crippen molar-refractivity contribution in [3.8, 4) is 5.75 Å². The number of carbonyl (C=O) groups excluding carboxylic acids is 2. The highest BCUT2D eigenvalue weighted by Crippen LogP contribution is 2.38. The number of amides is 2. The van der Waals surface area contributed by atoms with Gasteiger partial charge in [-0.25, -0.2) is 8.42 Å². The van der Waals surface area contributed by atoms with Crippen molar-refractivity contribution < 1.29 is 22.7 Å². The number of nitrogens with one attached hydrogen (secondary N) is 1. The summed E-state index contributed by atoms with van der Waals surface area (Å²) in [6, 6.07) is 15.4. The second-order valence-electron chi connectivity index (χ2n) is 8.86. The molecule has 2 heterocycles. The molecule has 196 valence electrons. The smallest absolute Gasteiger partial charge is 0.243 e. The number of rotatable bonds is 9. The van der Waals surface area contributed by atoms with Crippen LogP contribution in [0, 0.1) is 0 Å². The van der Waals surface area contributed by atoms with Crippen molar-refractivity contribution in [2.75, 3.05) is 32.1 Å². The summed E-state index contributed by atoms with van der Waals surface area (Å²) in [4.78, 5) is 28.1. The van der Waals surface area contributed by atoms with E-state index in [1.807, 2.05) is 42.6 Å². The quantitative estimate of drug-likeness (QED) is 0.436. The lowest BCUT2D eigenvalue weighted by Crippen LogP contribution is -2.46. The van der Waals surface area contributed by atoms with Crippen molar-refractivity contribution in [3.63, 3.8) is 0 Å². The summed E-state index contributed by atoms with van der Waals surface area (Å²) in [5.74, 6) is 0.243. The second-order valence-corrected chi connectivity index (χ2v) is 11.8. The summed E-state index contributed by atoms with van der Waals surface area (Å²) in [5.41, 5.74) is 2.53. The van der Waals surface area contributed by atoms with Crippen LogP contribution in [-0.4, -0.2) is 56.2 Å². The van der Waals surface area contributed by atoms with Gasteiger partial charge in [0.05, 0.1) is 24.6 Å². The van der Waals surface area contributed by atoms with E-state index in [-0.39, 0.29) is 35.8 Å². The van der Waals surface area contributed by atoms with Gasteiger partial charge in [0.1, 0.15) is 5.75 Å². The van der Waals surface area contributed by atoms with E-state index < -0.39 is 10.0 Å². The molecule has 1 atom stereocenters. The molecule has 8 nitrogen and oxygen atoms in total. The summed E-state index contributed by atoms with van der Waals surface area (Å²) in [7, 11) is -2.31. The number of nitrogens with zero attached hydrogens (tertiary/aromatic N) is 2. The monoisotopic (exact) mass is 541 g/mol. The second kappa shape index (κ2) is 11.5. The molecule has 37 heavy (non-hydrogen) atoms. The Bertz CT molecular complexity index is 1350. The van der Waals surface area contributed by atoms with E-state index in [9.17, 15) is 18.0 Å². The van der Waals surface area contributed by atoms with Crippen LogP contribution in [0.4, 0.5) is 5.69 Å². The van der Waals surface area contributed by atoms with Crippen LogP contribution in [-0.2, 0) is 26.0 Å². The van der Waals surface area contributed by atoms with Crippen LogP contribution in [0.2, 0.25) is 0 Å². The first-order valence-electron chi connectivity index (χ1n) is 12.1. The van der Waals surface area contributed by atoms with Gasteiger partial charge in [-0.05, 0) is 71.8 Å². The first-order valence-corrected chi connectivity index (χ1v) is 14.4. The molecule has 1 aliphatic rings. The van der Waals surface area contributed by atoms with E-state index >= 15 is 0 Å². The minimum absolute atomic E-state index is 0.0771. The molecule has 2 amide bonds. The van der Waals surface area contributed by atoms with Crippen LogP contribution >= 0.6 is 11.3 Å². The molecule has 10 heteroatoms. The lowest BCUT2D eigenvalue weighted by Gasteiger charge is -2.37.